The van der Waals surface area contributed by atoms with Crippen molar-refractivity contribution in [2.75, 3.05) is 0 Å². The molecule has 7 heteroatoms. The number of aryl methyl sites for hydroxylation is 2. The SMILES string of the molecule is C[C-]=O.[CH2-]C1CCCn2cc(c3ccccc32)C2=C(C(=O)NC2=O)c2cn(c3ccccc23)CC1.[U+2]. The fourth-order valence-corrected chi connectivity index (χ4v) is 5.25. The van der Waals surface area contributed by atoms with E-state index >= 15 is 0 Å². The van der Waals surface area contributed by atoms with Crippen LogP contribution >= 0.6 is 0 Å². The molecule has 2 aliphatic rings. The molecule has 0 saturated heterocycles. The zero-order valence-corrected chi connectivity index (χ0v) is 24.4. The molecule has 0 aliphatic carbocycles. The van der Waals surface area contributed by atoms with Gasteiger partial charge in [0.15, 0.2) is 0 Å². The number of hydrogen-bond donors (Lipinski definition) is 1. The Morgan fingerprint density at radius 1 is 0.833 bits per heavy atom. The van der Waals surface area contributed by atoms with Crippen molar-refractivity contribution in [2.45, 2.75) is 39.3 Å². The quantitative estimate of drug-likeness (QED) is 0.209. The summed E-state index contributed by atoms with van der Waals surface area (Å²) in [6.45, 7) is 7.40. The fourth-order valence-electron chi connectivity index (χ4n) is 5.25. The molecule has 2 aromatic carbocycles. The number of fused-ring (bicyclic) bond motifs is 12. The van der Waals surface area contributed by atoms with E-state index in [0.29, 0.717) is 17.1 Å². The van der Waals surface area contributed by atoms with Gasteiger partial charge in [-0.15, -0.1) is 0 Å². The van der Waals surface area contributed by atoms with E-state index in [0.717, 1.165) is 65.3 Å². The topological polar surface area (TPSA) is 73.1 Å². The van der Waals surface area contributed by atoms with Gasteiger partial charge < -0.3 is 20.9 Å². The standard InChI is InChI=1S/C27H24N3O2.C2H3O.U/c1-17-7-6-13-29-15-20(18-8-2-4-10-22(18)29)24-25(27(32)28-26(24)31)21-16-30(14-12-17)23-11-5-3-9-19(21)23;1-2-3;/h2-5,8-11,15-17H,1,6-7,12-14H2,(H,28,31,32);1H3;/q2*-1;+2. The second-order valence-corrected chi connectivity index (χ2v) is 9.04. The number of amides is 2. The second-order valence-electron chi connectivity index (χ2n) is 9.04. The number of hydrogen-bond acceptors (Lipinski definition) is 3. The number of aromatic nitrogens is 2. The third kappa shape index (κ3) is 4.63. The van der Waals surface area contributed by atoms with E-state index in [-0.39, 0.29) is 42.9 Å². The maximum absolute atomic E-state index is 13.1. The molecule has 36 heavy (non-hydrogen) atoms. The monoisotopic (exact) mass is 703 g/mol. The number of imide groups is 1. The number of rotatable bonds is 0. The van der Waals surface area contributed by atoms with Crippen molar-refractivity contribution in [1.82, 2.24) is 14.5 Å². The predicted octanol–water partition coefficient (Wildman–Crippen LogP) is 4.91. The largest absolute Gasteiger partial charge is 2.00 e. The van der Waals surface area contributed by atoms with Gasteiger partial charge in [-0.25, -0.2) is 0 Å². The minimum Gasteiger partial charge on any atom is -0.542 e. The van der Waals surface area contributed by atoms with Gasteiger partial charge in [-0.2, -0.15) is 12.8 Å². The zero-order valence-electron chi connectivity index (χ0n) is 20.2. The minimum absolute atomic E-state index is 0. The molecular formula is C29H27N3O3U. The maximum Gasteiger partial charge on any atom is 2.00 e. The molecule has 0 fully saturated rings. The van der Waals surface area contributed by atoms with Crippen LogP contribution in [0.3, 0.4) is 0 Å². The number of benzene rings is 2. The summed E-state index contributed by atoms with van der Waals surface area (Å²) in [5.41, 5.74) is 4.73. The summed E-state index contributed by atoms with van der Waals surface area (Å²) in [6.07, 6.45) is 8.60. The number of nitrogens with one attached hydrogen (secondary N) is 1. The van der Waals surface area contributed by atoms with Gasteiger partial charge in [0.25, 0.3) is 11.8 Å². The van der Waals surface area contributed by atoms with Crippen molar-refractivity contribution < 1.29 is 45.5 Å². The Labute approximate surface area is 234 Å². The molecule has 0 radical (unpaired) electrons. The third-order valence-corrected chi connectivity index (χ3v) is 6.84. The van der Waals surface area contributed by atoms with Crippen molar-refractivity contribution >= 4 is 51.1 Å². The molecule has 1 atom stereocenters. The van der Waals surface area contributed by atoms with E-state index in [1.165, 1.54) is 13.2 Å². The zero-order chi connectivity index (χ0) is 24.5. The van der Waals surface area contributed by atoms with E-state index in [1.807, 2.05) is 48.8 Å². The van der Waals surface area contributed by atoms with Crippen LogP contribution in [0, 0.1) is 44.0 Å². The molecule has 1 N–H and O–H groups in total. The van der Waals surface area contributed by atoms with Gasteiger partial charge in [0.05, 0.1) is 11.1 Å². The normalized spacial score (nSPS) is 17.6. The van der Waals surface area contributed by atoms with Crippen LogP contribution in [0.25, 0.3) is 33.0 Å². The van der Waals surface area contributed by atoms with E-state index < -0.39 is 0 Å². The molecular weight excluding hydrogens is 676 g/mol. The second kappa shape index (κ2) is 11.0. The molecule has 4 heterocycles. The molecule has 1 unspecified atom stereocenters. The summed E-state index contributed by atoms with van der Waals surface area (Å²) in [4.78, 5) is 34.9. The molecule has 6 rings (SSSR count). The van der Waals surface area contributed by atoms with Crippen molar-refractivity contribution in [3.63, 3.8) is 0 Å². The summed E-state index contributed by atoms with van der Waals surface area (Å²) in [7, 11) is 0. The Morgan fingerprint density at radius 2 is 1.31 bits per heavy atom. The summed E-state index contributed by atoms with van der Waals surface area (Å²) >= 11 is 0. The van der Waals surface area contributed by atoms with E-state index in [1.54, 1.807) is 0 Å². The number of nitrogens with zero attached hydrogens (tertiary/aromatic N) is 2. The molecule has 0 spiro atoms. The average Bonchev–Trinajstić information content (AvgIpc) is 3.48. The fraction of sp³-hybridized carbons (Fsp3) is 0.241. The van der Waals surface area contributed by atoms with Crippen LogP contribution in [0.1, 0.15) is 37.3 Å². The van der Waals surface area contributed by atoms with Crippen molar-refractivity contribution in [3.8, 4) is 0 Å². The van der Waals surface area contributed by atoms with E-state index in [2.05, 4.69) is 33.5 Å². The Bertz CT molecular complexity index is 1490. The Morgan fingerprint density at radius 3 is 1.83 bits per heavy atom. The molecule has 6 nitrogen and oxygen atoms in total. The Hall–Kier alpha value is -2.88. The van der Waals surface area contributed by atoms with Crippen LogP contribution in [-0.4, -0.2) is 27.2 Å². The van der Waals surface area contributed by atoms with Crippen LogP contribution in [-0.2, 0) is 27.5 Å². The minimum atomic E-state index is -0.327. The van der Waals surface area contributed by atoms with Gasteiger partial charge in [-0.05, 0) is 18.6 Å². The summed E-state index contributed by atoms with van der Waals surface area (Å²) in [6, 6.07) is 16.2. The Kier molecular flexibility index (Phi) is 8.02. The molecule has 2 amide bonds. The van der Waals surface area contributed by atoms with Crippen molar-refractivity contribution in [3.05, 3.63) is 79.0 Å². The first-order chi connectivity index (χ1) is 17.0. The predicted molar refractivity (Wildman–Crippen MR) is 138 cm³/mol. The first kappa shape index (κ1) is 26.2. The van der Waals surface area contributed by atoms with Crippen LogP contribution in [0.5, 0.6) is 0 Å². The molecule has 0 saturated carbocycles. The van der Waals surface area contributed by atoms with Gasteiger partial charge in [-0.1, -0.05) is 49.2 Å². The van der Waals surface area contributed by atoms with Crippen molar-refractivity contribution in [2.24, 2.45) is 5.92 Å². The number of carbonyl (C=O) groups excluding carboxylic acids is 3. The molecule has 4 aromatic rings. The van der Waals surface area contributed by atoms with E-state index in [4.69, 9.17) is 4.79 Å². The van der Waals surface area contributed by atoms with Gasteiger partial charge in [0.1, 0.15) is 0 Å². The maximum atomic E-state index is 13.1. The first-order valence-electron chi connectivity index (χ1n) is 11.9. The van der Waals surface area contributed by atoms with Crippen molar-refractivity contribution in [1.29, 1.82) is 0 Å². The molecule has 2 aromatic heterocycles. The summed E-state index contributed by atoms with van der Waals surface area (Å²) in [5, 5.41) is 4.55. The average molecular weight is 704 g/mol. The van der Waals surface area contributed by atoms with Crippen LogP contribution < -0.4 is 5.32 Å². The smallest absolute Gasteiger partial charge is 0.542 e. The van der Waals surface area contributed by atoms with Crippen LogP contribution in [0.4, 0.5) is 0 Å². The molecule has 2 aliphatic heterocycles. The summed E-state index contributed by atoms with van der Waals surface area (Å²) < 4.78 is 4.42. The molecule has 4 bridgehead atoms. The van der Waals surface area contributed by atoms with Gasteiger partial charge in [0.2, 0.25) is 0 Å². The number of carbonyl (C=O) groups is 2. The molecule has 180 valence electrons. The van der Waals surface area contributed by atoms with Gasteiger partial charge in [0, 0.05) is 58.4 Å². The number of para-hydroxylation sites is 2. The Balaban J connectivity index is 0.000000726. The van der Waals surface area contributed by atoms with E-state index in [9.17, 15) is 9.59 Å². The van der Waals surface area contributed by atoms with Gasteiger partial charge in [-0.3, -0.25) is 21.2 Å². The van der Waals surface area contributed by atoms with Crippen LogP contribution in [0.15, 0.2) is 60.9 Å². The third-order valence-electron chi connectivity index (χ3n) is 6.84. The summed E-state index contributed by atoms with van der Waals surface area (Å²) in [5.74, 6) is -0.295. The first-order valence-corrected chi connectivity index (χ1v) is 11.9. The van der Waals surface area contributed by atoms with Crippen LogP contribution in [0.2, 0.25) is 0 Å². The van der Waals surface area contributed by atoms with Gasteiger partial charge >= 0.3 is 31.1 Å².